The van der Waals surface area contributed by atoms with E-state index in [1.165, 1.54) is 4.88 Å². The standard InChI is InChI=1S/C11H9N3S2.C2HF3O2/c12-11-10-8(3-5-16-10)13-9(14-11)6-7-2-1-4-15-7;3-2(4,5)1(6)7/h1-5H,6H2,(H2,12,13,14);(H,6,7). The van der Waals surface area contributed by atoms with Crippen LogP contribution in [0.2, 0.25) is 0 Å². The molecule has 23 heavy (non-hydrogen) atoms. The van der Waals surface area contributed by atoms with Crippen LogP contribution in [-0.4, -0.2) is 27.2 Å². The van der Waals surface area contributed by atoms with Crippen LogP contribution in [0, 0.1) is 0 Å². The molecule has 0 aromatic carbocycles. The predicted octanol–water partition coefficient (Wildman–Crippen LogP) is 3.56. The van der Waals surface area contributed by atoms with Crippen molar-refractivity contribution in [3.8, 4) is 0 Å². The number of anilines is 1. The quantitative estimate of drug-likeness (QED) is 0.728. The van der Waals surface area contributed by atoms with Gasteiger partial charge in [0, 0.05) is 11.3 Å². The van der Waals surface area contributed by atoms with Crippen molar-refractivity contribution in [2.24, 2.45) is 0 Å². The lowest BCUT2D eigenvalue weighted by molar-refractivity contribution is -0.192. The van der Waals surface area contributed by atoms with Gasteiger partial charge < -0.3 is 10.8 Å². The Morgan fingerprint density at radius 2 is 1.91 bits per heavy atom. The third kappa shape index (κ3) is 4.63. The van der Waals surface area contributed by atoms with Crippen molar-refractivity contribution in [1.29, 1.82) is 0 Å². The highest BCUT2D eigenvalue weighted by Gasteiger charge is 2.38. The van der Waals surface area contributed by atoms with Crippen molar-refractivity contribution in [3.05, 3.63) is 39.7 Å². The van der Waals surface area contributed by atoms with Crippen molar-refractivity contribution in [1.82, 2.24) is 9.97 Å². The molecular formula is C13H10F3N3O2S2. The summed E-state index contributed by atoms with van der Waals surface area (Å²) in [5.74, 6) is -1.37. The smallest absolute Gasteiger partial charge is 0.475 e. The van der Waals surface area contributed by atoms with Crippen LogP contribution in [0.1, 0.15) is 10.7 Å². The van der Waals surface area contributed by atoms with Gasteiger partial charge >= 0.3 is 12.1 Å². The van der Waals surface area contributed by atoms with Gasteiger partial charge in [-0.05, 0) is 22.9 Å². The number of halogens is 3. The minimum atomic E-state index is -5.08. The molecule has 3 aromatic heterocycles. The zero-order valence-corrected chi connectivity index (χ0v) is 13.0. The van der Waals surface area contributed by atoms with E-state index < -0.39 is 12.1 Å². The van der Waals surface area contributed by atoms with Gasteiger partial charge in [-0.15, -0.1) is 22.7 Å². The van der Waals surface area contributed by atoms with Gasteiger partial charge in [0.2, 0.25) is 0 Å². The summed E-state index contributed by atoms with van der Waals surface area (Å²) in [5.41, 5.74) is 6.84. The van der Waals surface area contributed by atoms with Gasteiger partial charge in [-0.2, -0.15) is 13.2 Å². The highest BCUT2D eigenvalue weighted by atomic mass is 32.1. The highest BCUT2D eigenvalue weighted by Crippen LogP contribution is 2.24. The van der Waals surface area contributed by atoms with Crippen LogP contribution in [0.15, 0.2) is 29.0 Å². The van der Waals surface area contributed by atoms with Crippen LogP contribution in [-0.2, 0) is 11.2 Å². The molecule has 3 N–H and O–H groups in total. The number of hydrogen-bond donors (Lipinski definition) is 2. The van der Waals surface area contributed by atoms with Crippen molar-refractivity contribution >= 4 is 44.7 Å². The van der Waals surface area contributed by atoms with Gasteiger partial charge in [-0.3, -0.25) is 0 Å². The summed E-state index contributed by atoms with van der Waals surface area (Å²) in [5, 5.41) is 11.2. The second kappa shape index (κ2) is 6.92. The monoisotopic (exact) mass is 361 g/mol. The normalized spacial score (nSPS) is 11.1. The Kier molecular flexibility index (Phi) is 5.16. The van der Waals surface area contributed by atoms with E-state index in [2.05, 4.69) is 21.4 Å². The van der Waals surface area contributed by atoms with Crippen molar-refractivity contribution in [3.63, 3.8) is 0 Å². The molecule has 0 amide bonds. The fourth-order valence-corrected chi connectivity index (χ4v) is 3.02. The Morgan fingerprint density at radius 3 is 2.48 bits per heavy atom. The number of nitrogens with zero attached hydrogens (tertiary/aromatic N) is 2. The summed E-state index contributed by atoms with van der Waals surface area (Å²) in [7, 11) is 0. The largest absolute Gasteiger partial charge is 0.490 e. The number of rotatable bonds is 2. The number of carboxylic acid groups (broad SMARTS) is 1. The SMILES string of the molecule is Nc1nc(Cc2cccs2)nc2ccsc12.O=C(O)C(F)(F)F. The van der Waals surface area contributed by atoms with E-state index in [9.17, 15) is 13.2 Å². The van der Waals surface area contributed by atoms with Gasteiger partial charge in [0.05, 0.1) is 10.2 Å². The first-order chi connectivity index (χ1) is 10.8. The number of thiophene rings is 2. The molecule has 0 saturated carbocycles. The molecule has 0 radical (unpaired) electrons. The van der Waals surface area contributed by atoms with Gasteiger partial charge in [-0.1, -0.05) is 6.07 Å². The number of aromatic nitrogens is 2. The maximum atomic E-state index is 10.6. The van der Waals surface area contributed by atoms with Crippen molar-refractivity contribution in [2.75, 3.05) is 5.73 Å². The van der Waals surface area contributed by atoms with Gasteiger partial charge in [-0.25, -0.2) is 14.8 Å². The number of hydrogen-bond acceptors (Lipinski definition) is 6. The second-order valence-electron chi connectivity index (χ2n) is 4.22. The Bertz CT molecular complexity index is 801. The lowest BCUT2D eigenvalue weighted by atomic mass is 10.3. The van der Waals surface area contributed by atoms with Crippen molar-refractivity contribution in [2.45, 2.75) is 12.6 Å². The number of alkyl halides is 3. The van der Waals surface area contributed by atoms with Crippen LogP contribution in [0.5, 0.6) is 0 Å². The Balaban J connectivity index is 0.000000236. The molecule has 0 saturated heterocycles. The molecule has 0 aliphatic carbocycles. The van der Waals surface area contributed by atoms with Crippen LogP contribution >= 0.6 is 22.7 Å². The number of aliphatic carboxylic acids is 1. The molecule has 5 nitrogen and oxygen atoms in total. The molecule has 0 aliphatic rings. The summed E-state index contributed by atoms with van der Waals surface area (Å²) in [6.07, 6.45) is -4.33. The van der Waals surface area contributed by atoms with E-state index in [1.54, 1.807) is 22.7 Å². The van der Waals surface area contributed by atoms with Crippen molar-refractivity contribution < 1.29 is 23.1 Å². The molecule has 0 aliphatic heterocycles. The van der Waals surface area contributed by atoms with E-state index in [1.807, 2.05) is 17.5 Å². The van der Waals surface area contributed by atoms with Crippen LogP contribution in [0.3, 0.4) is 0 Å². The molecular weight excluding hydrogens is 351 g/mol. The average molecular weight is 361 g/mol. The number of carbonyl (C=O) groups is 1. The predicted molar refractivity (Wildman–Crippen MR) is 82.6 cm³/mol. The fraction of sp³-hybridized carbons (Fsp3) is 0.154. The summed E-state index contributed by atoms with van der Waals surface area (Å²) < 4.78 is 32.7. The Morgan fingerprint density at radius 1 is 1.22 bits per heavy atom. The molecule has 122 valence electrons. The van der Waals surface area contributed by atoms with E-state index in [-0.39, 0.29) is 0 Å². The van der Waals surface area contributed by atoms with Crippen LogP contribution in [0.4, 0.5) is 19.0 Å². The van der Waals surface area contributed by atoms with Gasteiger partial charge in [0.25, 0.3) is 0 Å². The third-order valence-corrected chi connectivity index (χ3v) is 4.33. The molecule has 3 heterocycles. The van der Waals surface area contributed by atoms with Gasteiger partial charge in [0.1, 0.15) is 11.6 Å². The Hall–Kier alpha value is -2.20. The molecule has 0 bridgehead atoms. The van der Waals surface area contributed by atoms with E-state index in [4.69, 9.17) is 15.6 Å². The summed E-state index contributed by atoms with van der Waals surface area (Å²) in [6.45, 7) is 0. The molecule has 3 rings (SSSR count). The van der Waals surface area contributed by atoms with E-state index in [0.29, 0.717) is 5.82 Å². The number of nitrogen functional groups attached to an aromatic ring is 1. The Labute approximate surface area is 136 Å². The summed E-state index contributed by atoms with van der Waals surface area (Å²) in [4.78, 5) is 19.0. The summed E-state index contributed by atoms with van der Waals surface area (Å²) >= 11 is 3.30. The lowest BCUT2D eigenvalue weighted by Crippen LogP contribution is -2.21. The molecule has 0 unspecified atom stereocenters. The van der Waals surface area contributed by atoms with Crippen LogP contribution in [0.25, 0.3) is 10.2 Å². The first-order valence-electron chi connectivity index (χ1n) is 6.09. The lowest BCUT2D eigenvalue weighted by Gasteiger charge is -2.00. The minimum Gasteiger partial charge on any atom is -0.475 e. The van der Waals surface area contributed by atoms with Gasteiger partial charge in [0.15, 0.2) is 0 Å². The van der Waals surface area contributed by atoms with E-state index >= 15 is 0 Å². The third-order valence-electron chi connectivity index (χ3n) is 2.53. The maximum absolute atomic E-state index is 10.6. The first kappa shape index (κ1) is 17.2. The number of fused-ring (bicyclic) bond motifs is 1. The number of carboxylic acids is 1. The molecule has 0 spiro atoms. The topological polar surface area (TPSA) is 89.1 Å². The summed E-state index contributed by atoms with van der Waals surface area (Å²) in [6, 6.07) is 6.10. The molecule has 10 heteroatoms. The zero-order chi connectivity index (χ0) is 17.0. The maximum Gasteiger partial charge on any atom is 0.490 e. The molecule has 3 aromatic rings. The zero-order valence-electron chi connectivity index (χ0n) is 11.4. The highest BCUT2D eigenvalue weighted by molar-refractivity contribution is 7.17. The van der Waals surface area contributed by atoms with E-state index in [0.717, 1.165) is 22.5 Å². The molecule has 0 atom stereocenters. The minimum absolute atomic E-state index is 0.589. The fourth-order valence-electron chi connectivity index (χ4n) is 1.58. The molecule has 0 fully saturated rings. The second-order valence-corrected chi connectivity index (χ2v) is 6.17. The first-order valence-corrected chi connectivity index (χ1v) is 7.85. The average Bonchev–Trinajstić information content (AvgIpc) is 3.09. The number of nitrogens with two attached hydrogens (primary N) is 1. The van der Waals surface area contributed by atoms with Crippen LogP contribution < -0.4 is 5.73 Å².